The van der Waals surface area contributed by atoms with Crippen molar-refractivity contribution in [2.24, 2.45) is 28.7 Å². The van der Waals surface area contributed by atoms with Gasteiger partial charge in [0.1, 0.15) is 12.2 Å². The lowest BCUT2D eigenvalue weighted by atomic mass is 9.54. The third-order valence-corrected chi connectivity index (χ3v) is 9.53. The Kier molecular flexibility index (Phi) is 15.4. The van der Waals surface area contributed by atoms with Gasteiger partial charge in [-0.15, -0.1) is 0 Å². The molecule has 2 aliphatic carbocycles. The second-order valence-corrected chi connectivity index (χ2v) is 12.1. The molecule has 0 radical (unpaired) electrons. The van der Waals surface area contributed by atoms with Crippen LogP contribution in [0.2, 0.25) is 0 Å². The van der Waals surface area contributed by atoms with Gasteiger partial charge in [0.05, 0.1) is 0 Å². The van der Waals surface area contributed by atoms with E-state index in [0.717, 1.165) is 51.4 Å². The van der Waals surface area contributed by atoms with Crippen LogP contribution in [0.1, 0.15) is 155 Å². The predicted molar refractivity (Wildman–Crippen MR) is 151 cm³/mol. The number of primary amides is 2. The fourth-order valence-corrected chi connectivity index (χ4v) is 7.58. The van der Waals surface area contributed by atoms with E-state index in [1.54, 1.807) is 0 Å². The van der Waals surface area contributed by atoms with E-state index in [9.17, 15) is 9.59 Å². The van der Waals surface area contributed by atoms with Crippen LogP contribution in [-0.4, -0.2) is 24.4 Å². The molecule has 2 saturated carbocycles. The van der Waals surface area contributed by atoms with Crippen LogP contribution in [0, 0.1) is 17.3 Å². The van der Waals surface area contributed by atoms with Crippen molar-refractivity contribution in [3.05, 3.63) is 0 Å². The molecule has 2 aliphatic rings. The molecule has 0 heterocycles. The summed E-state index contributed by atoms with van der Waals surface area (Å²) in [4.78, 5) is 22.7. The van der Waals surface area contributed by atoms with Crippen molar-refractivity contribution in [3.63, 3.8) is 0 Å². The molecule has 6 heteroatoms. The van der Waals surface area contributed by atoms with E-state index >= 15 is 0 Å². The first-order valence-electron chi connectivity index (χ1n) is 15.8. The first-order valence-corrected chi connectivity index (χ1v) is 15.8. The Balaban J connectivity index is 2.13. The molecule has 0 aliphatic heterocycles. The Labute approximate surface area is 227 Å². The molecule has 0 saturated heterocycles. The second kappa shape index (κ2) is 17.9. The number of nitrogens with two attached hydrogens (primary N) is 2. The van der Waals surface area contributed by atoms with Crippen LogP contribution < -0.4 is 11.5 Å². The zero-order valence-electron chi connectivity index (χ0n) is 24.2. The molecular formula is C31H58N2O4. The lowest BCUT2D eigenvalue weighted by molar-refractivity contribution is -0.0379. The van der Waals surface area contributed by atoms with E-state index in [0.29, 0.717) is 17.3 Å². The van der Waals surface area contributed by atoms with Crippen molar-refractivity contribution in [1.29, 1.82) is 0 Å². The fourth-order valence-electron chi connectivity index (χ4n) is 7.58. The normalized spacial score (nSPS) is 24.5. The Bertz CT molecular complexity index is 571. The highest BCUT2D eigenvalue weighted by molar-refractivity contribution is 5.65. The first-order chi connectivity index (χ1) is 17.9. The van der Waals surface area contributed by atoms with Crippen molar-refractivity contribution in [3.8, 4) is 0 Å². The van der Waals surface area contributed by atoms with Crippen LogP contribution in [0.4, 0.5) is 9.59 Å². The third kappa shape index (κ3) is 11.4. The summed E-state index contributed by atoms with van der Waals surface area (Å²) in [6, 6.07) is 0. The van der Waals surface area contributed by atoms with E-state index in [-0.39, 0.29) is 12.2 Å². The predicted octanol–water partition coefficient (Wildman–Crippen LogP) is 8.78. The topological polar surface area (TPSA) is 105 Å². The van der Waals surface area contributed by atoms with Crippen LogP contribution in [0.5, 0.6) is 0 Å². The molecule has 2 rings (SSSR count). The number of carbonyl (C=O) groups excluding carboxylic acids is 2. The summed E-state index contributed by atoms with van der Waals surface area (Å²) in [5.41, 5.74) is 11.0. The minimum Gasteiger partial charge on any atom is -0.446 e. The lowest BCUT2D eigenvalue weighted by Gasteiger charge is -2.51. The maximum Gasteiger partial charge on any atom is 0.404 e. The Morgan fingerprint density at radius 1 is 0.568 bits per heavy atom. The van der Waals surface area contributed by atoms with Gasteiger partial charge in [0.15, 0.2) is 0 Å². The van der Waals surface area contributed by atoms with E-state index in [1.165, 1.54) is 89.9 Å². The van der Waals surface area contributed by atoms with Gasteiger partial charge in [0.25, 0.3) is 0 Å². The maximum atomic E-state index is 11.4. The van der Waals surface area contributed by atoms with Crippen LogP contribution in [0.3, 0.4) is 0 Å². The molecule has 2 fully saturated rings. The van der Waals surface area contributed by atoms with Gasteiger partial charge in [-0.25, -0.2) is 9.59 Å². The highest BCUT2D eigenvalue weighted by Crippen LogP contribution is 2.55. The molecule has 0 aromatic heterocycles. The van der Waals surface area contributed by atoms with Gasteiger partial charge in [-0.1, -0.05) is 90.9 Å². The number of hydrogen-bond acceptors (Lipinski definition) is 4. The Morgan fingerprint density at radius 2 is 0.892 bits per heavy atom. The summed E-state index contributed by atoms with van der Waals surface area (Å²) >= 11 is 0. The summed E-state index contributed by atoms with van der Waals surface area (Å²) in [5.74, 6) is 1.34. The highest BCUT2D eigenvalue weighted by atomic mass is 16.6. The van der Waals surface area contributed by atoms with Crippen LogP contribution in [0.25, 0.3) is 0 Å². The number of carbonyl (C=O) groups is 2. The molecule has 0 unspecified atom stereocenters. The van der Waals surface area contributed by atoms with Crippen molar-refractivity contribution in [2.45, 2.75) is 167 Å². The van der Waals surface area contributed by atoms with E-state index in [4.69, 9.17) is 20.9 Å². The number of rotatable bonds is 18. The van der Waals surface area contributed by atoms with Crippen molar-refractivity contribution in [1.82, 2.24) is 0 Å². The molecule has 4 N–H and O–H groups in total. The third-order valence-electron chi connectivity index (χ3n) is 9.53. The van der Waals surface area contributed by atoms with Crippen LogP contribution >= 0.6 is 0 Å². The second-order valence-electron chi connectivity index (χ2n) is 12.1. The van der Waals surface area contributed by atoms with E-state index in [2.05, 4.69) is 13.8 Å². The summed E-state index contributed by atoms with van der Waals surface area (Å²) in [7, 11) is 0. The molecule has 37 heavy (non-hydrogen) atoms. The van der Waals surface area contributed by atoms with Crippen molar-refractivity contribution < 1.29 is 19.1 Å². The van der Waals surface area contributed by atoms with Gasteiger partial charge in [-0.05, 0) is 81.5 Å². The smallest absolute Gasteiger partial charge is 0.404 e. The number of hydrogen-bond donors (Lipinski definition) is 2. The van der Waals surface area contributed by atoms with Gasteiger partial charge >= 0.3 is 12.2 Å². The molecule has 0 bridgehead atoms. The number of unbranched alkanes of at least 4 members (excludes halogenated alkanes) is 10. The van der Waals surface area contributed by atoms with Gasteiger partial charge in [-0.3, -0.25) is 0 Å². The van der Waals surface area contributed by atoms with Crippen molar-refractivity contribution >= 4 is 12.2 Å². The minimum absolute atomic E-state index is 0.0192. The number of amides is 2. The van der Waals surface area contributed by atoms with E-state index in [1.807, 2.05) is 0 Å². The number of ether oxygens (including phenoxy) is 2. The SMILES string of the molecule is CCCCCCCCC(CCCCCCCC)(C1CCC(OC(N)=O)CC1)C1CCC(OC(N)=O)CC1. The average molecular weight is 523 g/mol. The summed E-state index contributed by atoms with van der Waals surface area (Å²) < 4.78 is 10.8. The molecule has 0 spiro atoms. The van der Waals surface area contributed by atoms with Crippen LogP contribution in [0.15, 0.2) is 0 Å². The standard InChI is InChI=1S/C31H58N2O4/c1-3-5-7-9-11-13-23-31(24-14-12-10-8-6-4-2,25-15-19-27(20-16-25)36-29(32)34)26-17-21-28(22-18-26)37-30(33)35/h25-28H,3-24H2,1-2H3,(H2,32,34)(H2,33,35). The Hall–Kier alpha value is -1.46. The Morgan fingerprint density at radius 3 is 1.22 bits per heavy atom. The van der Waals surface area contributed by atoms with Crippen molar-refractivity contribution in [2.75, 3.05) is 0 Å². The highest BCUT2D eigenvalue weighted by Gasteiger charge is 2.46. The molecular weight excluding hydrogens is 464 g/mol. The largest absolute Gasteiger partial charge is 0.446 e. The summed E-state index contributed by atoms with van der Waals surface area (Å²) in [6.07, 6.45) is 25.5. The minimum atomic E-state index is -0.637. The van der Waals surface area contributed by atoms with Crippen LogP contribution in [-0.2, 0) is 9.47 Å². The summed E-state index contributed by atoms with van der Waals surface area (Å²) in [5, 5.41) is 0. The quantitative estimate of drug-likeness (QED) is 0.175. The van der Waals surface area contributed by atoms with Gasteiger partial charge < -0.3 is 20.9 Å². The average Bonchev–Trinajstić information content (AvgIpc) is 2.87. The first kappa shape index (κ1) is 31.8. The van der Waals surface area contributed by atoms with Gasteiger partial charge in [0.2, 0.25) is 0 Å². The molecule has 2 amide bonds. The van der Waals surface area contributed by atoms with E-state index < -0.39 is 12.2 Å². The van der Waals surface area contributed by atoms with Gasteiger partial charge in [0, 0.05) is 0 Å². The zero-order valence-corrected chi connectivity index (χ0v) is 24.2. The monoisotopic (exact) mass is 522 g/mol. The lowest BCUT2D eigenvalue weighted by Crippen LogP contribution is -2.44. The van der Waals surface area contributed by atoms with Gasteiger partial charge in [-0.2, -0.15) is 0 Å². The molecule has 0 atom stereocenters. The molecule has 6 nitrogen and oxygen atoms in total. The molecule has 0 aromatic carbocycles. The maximum absolute atomic E-state index is 11.4. The fraction of sp³-hybridized carbons (Fsp3) is 0.935. The molecule has 0 aromatic rings. The molecule has 216 valence electrons. The summed E-state index contributed by atoms with van der Waals surface area (Å²) in [6.45, 7) is 4.56. The zero-order chi connectivity index (χ0) is 26.9.